The third kappa shape index (κ3) is 3.96. The second-order valence-electron chi connectivity index (χ2n) is 7.21. The Balaban J connectivity index is 1.83. The van der Waals surface area contributed by atoms with Crippen LogP contribution in [-0.4, -0.2) is 33.3 Å². The van der Waals surface area contributed by atoms with Crippen LogP contribution in [0, 0.1) is 6.92 Å². The minimum Gasteiger partial charge on any atom is -0.507 e. The minimum absolute atomic E-state index is 0.0677. The number of aliphatic hydroxyl groups is 1. The summed E-state index contributed by atoms with van der Waals surface area (Å²) in [5.41, 5.74) is 2.03. The average molecular weight is 435 g/mol. The highest BCUT2D eigenvalue weighted by molar-refractivity contribution is 7.09. The zero-order chi connectivity index (χ0) is 22.0. The van der Waals surface area contributed by atoms with Crippen molar-refractivity contribution in [2.45, 2.75) is 26.4 Å². The smallest absolute Gasteiger partial charge is 0.295 e. The number of carbonyl (C=O) groups is 2. The van der Waals surface area contributed by atoms with Crippen molar-refractivity contribution in [1.82, 2.24) is 9.88 Å². The molecule has 3 heterocycles. The van der Waals surface area contributed by atoms with Crippen molar-refractivity contribution in [3.8, 4) is 5.75 Å². The van der Waals surface area contributed by atoms with E-state index in [1.807, 2.05) is 37.4 Å². The molecule has 1 N–H and O–H groups in total. The molecule has 4 rings (SSSR count). The number of aliphatic hydroxyl groups excluding tert-OH is 1. The lowest BCUT2D eigenvalue weighted by molar-refractivity contribution is -0.140. The highest BCUT2D eigenvalue weighted by Crippen LogP contribution is 2.40. The summed E-state index contributed by atoms with van der Waals surface area (Å²) in [6.45, 7) is 4.58. The van der Waals surface area contributed by atoms with E-state index >= 15 is 0 Å². The fraction of sp³-hybridized carbons (Fsp3) is 0.208. The van der Waals surface area contributed by atoms with Gasteiger partial charge >= 0.3 is 0 Å². The number of thiophene rings is 1. The molecule has 1 atom stereocenters. The van der Waals surface area contributed by atoms with Gasteiger partial charge in [0.05, 0.1) is 24.8 Å². The van der Waals surface area contributed by atoms with Crippen LogP contribution in [-0.2, 0) is 16.1 Å². The maximum Gasteiger partial charge on any atom is 0.295 e. The van der Waals surface area contributed by atoms with Crippen LogP contribution in [0.3, 0.4) is 0 Å². The van der Waals surface area contributed by atoms with E-state index < -0.39 is 17.7 Å². The molecule has 1 aliphatic rings. The standard InChI is InChI=1S/C24H22N2O4S/c1-3-30-19-9-8-16(12-15(19)2)22(27)20-21(17-6-4-10-25-13-17)26(24(29)23(20)28)14-18-7-5-11-31-18/h4-13,21,27H,3,14H2,1-2H3/b22-20-. The van der Waals surface area contributed by atoms with Crippen LogP contribution in [0.5, 0.6) is 5.75 Å². The summed E-state index contributed by atoms with van der Waals surface area (Å²) in [4.78, 5) is 32.6. The normalized spacial score (nSPS) is 17.9. The van der Waals surface area contributed by atoms with Gasteiger partial charge in [0.25, 0.3) is 11.7 Å². The Labute approximate surface area is 184 Å². The molecule has 0 radical (unpaired) electrons. The molecule has 3 aromatic rings. The van der Waals surface area contributed by atoms with Crippen LogP contribution in [0.1, 0.15) is 34.5 Å². The van der Waals surface area contributed by atoms with Crippen molar-refractivity contribution in [2.75, 3.05) is 6.61 Å². The highest BCUT2D eigenvalue weighted by atomic mass is 32.1. The Morgan fingerprint density at radius 2 is 2.06 bits per heavy atom. The Bertz CT molecular complexity index is 1140. The Hall–Kier alpha value is -3.45. The predicted molar refractivity (Wildman–Crippen MR) is 119 cm³/mol. The summed E-state index contributed by atoms with van der Waals surface area (Å²) in [5.74, 6) is -0.825. The molecule has 6 nitrogen and oxygen atoms in total. The molecule has 7 heteroatoms. The maximum absolute atomic E-state index is 13.0. The van der Waals surface area contributed by atoms with Gasteiger partial charge in [0.15, 0.2) is 0 Å². The Kier molecular flexibility index (Phi) is 5.86. The number of aryl methyl sites for hydroxylation is 1. The lowest BCUT2D eigenvalue weighted by Crippen LogP contribution is -2.28. The molecule has 2 aromatic heterocycles. The summed E-state index contributed by atoms with van der Waals surface area (Å²) < 4.78 is 5.57. The third-order valence-corrected chi connectivity index (χ3v) is 6.06. The summed E-state index contributed by atoms with van der Waals surface area (Å²) >= 11 is 1.51. The minimum atomic E-state index is -0.720. The van der Waals surface area contributed by atoms with Gasteiger partial charge in [-0.2, -0.15) is 0 Å². The van der Waals surface area contributed by atoms with Crippen molar-refractivity contribution in [1.29, 1.82) is 0 Å². The number of pyridine rings is 1. The van der Waals surface area contributed by atoms with Gasteiger partial charge in [0, 0.05) is 22.8 Å². The topological polar surface area (TPSA) is 79.7 Å². The van der Waals surface area contributed by atoms with E-state index in [0.29, 0.717) is 23.5 Å². The van der Waals surface area contributed by atoms with Gasteiger partial charge in [-0.1, -0.05) is 12.1 Å². The van der Waals surface area contributed by atoms with E-state index in [2.05, 4.69) is 4.98 Å². The average Bonchev–Trinajstić information content (AvgIpc) is 3.38. The lowest BCUT2D eigenvalue weighted by Gasteiger charge is -2.24. The van der Waals surface area contributed by atoms with Gasteiger partial charge in [-0.3, -0.25) is 14.6 Å². The van der Waals surface area contributed by atoms with Gasteiger partial charge in [-0.05, 0) is 60.7 Å². The quantitative estimate of drug-likeness (QED) is 0.352. The first-order valence-electron chi connectivity index (χ1n) is 9.95. The zero-order valence-corrected chi connectivity index (χ0v) is 18.1. The number of amides is 1. The fourth-order valence-corrected chi connectivity index (χ4v) is 4.47. The number of hydrogen-bond acceptors (Lipinski definition) is 6. The predicted octanol–water partition coefficient (Wildman–Crippen LogP) is 4.47. The Morgan fingerprint density at radius 1 is 1.23 bits per heavy atom. The third-order valence-electron chi connectivity index (χ3n) is 5.19. The van der Waals surface area contributed by atoms with E-state index in [-0.39, 0.29) is 17.9 Å². The summed E-state index contributed by atoms with van der Waals surface area (Å²) in [6.07, 6.45) is 3.25. The molecule has 31 heavy (non-hydrogen) atoms. The Morgan fingerprint density at radius 3 is 2.71 bits per heavy atom. The molecule has 1 aromatic carbocycles. The summed E-state index contributed by atoms with van der Waals surface area (Å²) in [5, 5.41) is 13.1. The molecule has 1 amide bonds. The van der Waals surface area contributed by atoms with Crippen LogP contribution < -0.4 is 4.74 Å². The molecular formula is C24H22N2O4S. The second kappa shape index (κ2) is 8.73. The van der Waals surface area contributed by atoms with Gasteiger partial charge in [0.1, 0.15) is 11.5 Å². The van der Waals surface area contributed by atoms with E-state index in [0.717, 1.165) is 10.4 Å². The molecule has 1 fully saturated rings. The van der Waals surface area contributed by atoms with Crippen molar-refractivity contribution in [3.05, 3.63) is 87.4 Å². The highest BCUT2D eigenvalue weighted by Gasteiger charge is 2.46. The summed E-state index contributed by atoms with van der Waals surface area (Å²) in [6, 6.07) is 11.9. The van der Waals surface area contributed by atoms with Crippen molar-refractivity contribution < 1.29 is 19.4 Å². The largest absolute Gasteiger partial charge is 0.507 e. The number of rotatable bonds is 6. The van der Waals surface area contributed by atoms with Crippen LogP contribution >= 0.6 is 11.3 Å². The first-order valence-corrected chi connectivity index (χ1v) is 10.8. The van der Waals surface area contributed by atoms with E-state index in [9.17, 15) is 14.7 Å². The zero-order valence-electron chi connectivity index (χ0n) is 17.2. The molecule has 0 saturated carbocycles. The second-order valence-corrected chi connectivity index (χ2v) is 8.24. The number of nitrogens with zero attached hydrogens (tertiary/aromatic N) is 2. The first-order chi connectivity index (χ1) is 15.0. The molecule has 1 aliphatic heterocycles. The molecule has 0 aliphatic carbocycles. The first kappa shape index (κ1) is 20.8. The van der Waals surface area contributed by atoms with Crippen molar-refractivity contribution >= 4 is 28.8 Å². The van der Waals surface area contributed by atoms with Gasteiger partial charge < -0.3 is 14.7 Å². The number of ketones is 1. The molecule has 0 bridgehead atoms. The molecule has 158 valence electrons. The summed E-state index contributed by atoms with van der Waals surface area (Å²) in [7, 11) is 0. The van der Waals surface area contributed by atoms with E-state index in [4.69, 9.17) is 4.74 Å². The van der Waals surface area contributed by atoms with Crippen molar-refractivity contribution in [2.24, 2.45) is 0 Å². The number of Topliss-reactive ketones (excluding diaryl/α,β-unsaturated/α-hetero) is 1. The molecular weight excluding hydrogens is 412 g/mol. The van der Waals surface area contributed by atoms with E-state index in [1.54, 1.807) is 36.7 Å². The number of ether oxygens (including phenoxy) is 1. The maximum atomic E-state index is 13.0. The SMILES string of the molecule is CCOc1ccc(/C(O)=C2/C(=O)C(=O)N(Cc3cccs3)C2c2cccnc2)cc1C. The van der Waals surface area contributed by atoms with Crippen LogP contribution in [0.25, 0.3) is 5.76 Å². The molecule has 0 spiro atoms. The van der Waals surface area contributed by atoms with Crippen LogP contribution in [0.4, 0.5) is 0 Å². The van der Waals surface area contributed by atoms with Crippen LogP contribution in [0.15, 0.2) is 65.8 Å². The monoisotopic (exact) mass is 434 g/mol. The number of benzene rings is 1. The number of carbonyl (C=O) groups excluding carboxylic acids is 2. The van der Waals surface area contributed by atoms with E-state index in [1.165, 1.54) is 16.2 Å². The van der Waals surface area contributed by atoms with Gasteiger partial charge in [-0.25, -0.2) is 0 Å². The fourth-order valence-electron chi connectivity index (χ4n) is 3.77. The number of likely N-dealkylation sites (tertiary alicyclic amines) is 1. The van der Waals surface area contributed by atoms with Gasteiger partial charge in [-0.15, -0.1) is 11.3 Å². The molecule has 1 saturated heterocycles. The molecule has 1 unspecified atom stereocenters. The number of aromatic nitrogens is 1. The lowest BCUT2D eigenvalue weighted by atomic mass is 9.95. The van der Waals surface area contributed by atoms with Gasteiger partial charge in [0.2, 0.25) is 0 Å². The number of hydrogen-bond donors (Lipinski definition) is 1. The van der Waals surface area contributed by atoms with Crippen molar-refractivity contribution in [3.63, 3.8) is 0 Å². The van der Waals surface area contributed by atoms with Crippen LogP contribution in [0.2, 0.25) is 0 Å².